The van der Waals surface area contributed by atoms with Gasteiger partial charge in [-0.3, -0.25) is 0 Å². The zero-order valence-electron chi connectivity index (χ0n) is 16.7. The number of hydrogen-bond donors (Lipinski definition) is 0. The molecule has 0 N–H and O–H groups in total. The molecule has 146 valence electrons. The Labute approximate surface area is 184 Å². The molecule has 8 heteroatoms. The second-order valence-corrected chi connectivity index (χ2v) is 12.4. The van der Waals surface area contributed by atoms with Crippen LogP contribution in [0.15, 0.2) is 17.0 Å². The second kappa shape index (κ2) is 6.14. The van der Waals surface area contributed by atoms with E-state index in [0.717, 1.165) is 31.6 Å². The van der Waals surface area contributed by atoms with Gasteiger partial charge in [0, 0.05) is 23.1 Å². The van der Waals surface area contributed by atoms with Crippen molar-refractivity contribution >= 4 is 82.1 Å². The molecule has 3 aromatic heterocycles. The van der Waals surface area contributed by atoms with E-state index in [1.807, 2.05) is 11.8 Å². The Bertz CT molecular complexity index is 1400. The third kappa shape index (κ3) is 2.52. The summed E-state index contributed by atoms with van der Waals surface area (Å²) in [7, 11) is 2.19. The fourth-order valence-corrected chi connectivity index (χ4v) is 8.20. The second-order valence-electron chi connectivity index (χ2n) is 7.42. The molecule has 0 fully saturated rings. The summed E-state index contributed by atoms with van der Waals surface area (Å²) in [6, 6.07) is 4.47. The topological polar surface area (TPSA) is 41.9 Å². The molecule has 29 heavy (non-hydrogen) atoms. The van der Waals surface area contributed by atoms with Crippen LogP contribution in [-0.2, 0) is 0 Å². The molecule has 0 saturated heterocycles. The van der Waals surface area contributed by atoms with Gasteiger partial charge in [-0.1, -0.05) is 11.8 Å². The van der Waals surface area contributed by atoms with Crippen LogP contribution < -0.4 is 4.90 Å². The van der Waals surface area contributed by atoms with Crippen molar-refractivity contribution in [2.45, 2.75) is 38.0 Å². The van der Waals surface area contributed by atoms with Gasteiger partial charge >= 0.3 is 0 Å². The lowest BCUT2D eigenvalue weighted by Crippen LogP contribution is -2.20. The van der Waals surface area contributed by atoms with Gasteiger partial charge in [-0.2, -0.15) is 0 Å². The van der Waals surface area contributed by atoms with Crippen LogP contribution >= 0.6 is 45.8 Å². The average Bonchev–Trinajstić information content (AvgIpc) is 3.37. The molecule has 0 bridgehead atoms. The minimum Gasteiger partial charge on any atom is -0.362 e. The van der Waals surface area contributed by atoms with Crippen LogP contribution in [0, 0.1) is 20.8 Å². The Balaban J connectivity index is 1.86. The number of thiazole rings is 3. The molecule has 0 spiro atoms. The van der Waals surface area contributed by atoms with Crippen molar-refractivity contribution in [2.75, 3.05) is 11.9 Å². The van der Waals surface area contributed by atoms with Gasteiger partial charge in [-0.15, -0.1) is 34.0 Å². The first kappa shape index (κ1) is 18.1. The van der Waals surface area contributed by atoms with Crippen LogP contribution in [0.25, 0.3) is 41.8 Å². The molecule has 1 aliphatic rings. The third-order valence-corrected chi connectivity index (χ3v) is 9.67. The maximum atomic E-state index is 5.00. The monoisotopic (exact) mass is 454 g/mol. The zero-order chi connectivity index (χ0) is 20.0. The van der Waals surface area contributed by atoms with E-state index in [-0.39, 0.29) is 0 Å². The number of nitrogens with zero attached hydrogens (tertiary/aromatic N) is 4. The van der Waals surface area contributed by atoms with E-state index in [1.54, 1.807) is 34.0 Å². The lowest BCUT2D eigenvalue weighted by Gasteiger charge is -2.17. The normalized spacial score (nSPS) is 16.6. The van der Waals surface area contributed by atoms with Crippen LogP contribution in [0.3, 0.4) is 0 Å². The zero-order valence-corrected chi connectivity index (χ0v) is 19.9. The van der Waals surface area contributed by atoms with Crippen molar-refractivity contribution in [3.05, 3.63) is 27.2 Å². The lowest BCUT2D eigenvalue weighted by atomic mass is 10.0. The fraction of sp³-hybridized carbons (Fsp3) is 0.286. The van der Waals surface area contributed by atoms with Crippen LogP contribution in [0.2, 0.25) is 0 Å². The Morgan fingerprint density at radius 1 is 0.828 bits per heavy atom. The molecule has 5 aromatic rings. The molecule has 0 radical (unpaired) electrons. The number of fused-ring (bicyclic) bond motifs is 4. The number of benzene rings is 2. The predicted octanol–water partition coefficient (Wildman–Crippen LogP) is 7.00. The molecule has 0 aliphatic carbocycles. The summed E-state index contributed by atoms with van der Waals surface area (Å²) in [5.41, 5.74) is 7.06. The molecule has 2 aromatic carbocycles. The average molecular weight is 455 g/mol. The van der Waals surface area contributed by atoms with Crippen molar-refractivity contribution in [3.63, 3.8) is 0 Å². The van der Waals surface area contributed by atoms with E-state index < -0.39 is 0 Å². The van der Waals surface area contributed by atoms with E-state index in [2.05, 4.69) is 51.8 Å². The van der Waals surface area contributed by atoms with Gasteiger partial charge in [0.2, 0.25) is 0 Å². The quantitative estimate of drug-likeness (QED) is 0.273. The Morgan fingerprint density at radius 3 is 2.10 bits per heavy atom. The van der Waals surface area contributed by atoms with Crippen molar-refractivity contribution in [2.24, 2.45) is 0 Å². The van der Waals surface area contributed by atoms with E-state index in [0.29, 0.717) is 5.37 Å². The predicted molar refractivity (Wildman–Crippen MR) is 129 cm³/mol. The van der Waals surface area contributed by atoms with Crippen molar-refractivity contribution in [3.8, 4) is 11.1 Å². The van der Waals surface area contributed by atoms with Crippen molar-refractivity contribution < 1.29 is 0 Å². The lowest BCUT2D eigenvalue weighted by molar-refractivity contribution is 0.925. The molecule has 0 saturated carbocycles. The molecular formula is C21H18N4S4. The molecule has 1 unspecified atom stereocenters. The van der Waals surface area contributed by atoms with Gasteiger partial charge in [0.25, 0.3) is 0 Å². The number of rotatable bonds is 1. The smallest absolute Gasteiger partial charge is 0.0908 e. The molecule has 0 amide bonds. The van der Waals surface area contributed by atoms with Crippen LogP contribution in [0.1, 0.15) is 21.9 Å². The first-order valence-corrected chi connectivity index (χ1v) is 12.7. The van der Waals surface area contributed by atoms with E-state index in [1.165, 1.54) is 35.8 Å². The molecule has 1 aliphatic heterocycles. The van der Waals surface area contributed by atoms with Gasteiger partial charge in [0.05, 0.1) is 56.7 Å². The van der Waals surface area contributed by atoms with Gasteiger partial charge in [-0.05, 0) is 39.8 Å². The summed E-state index contributed by atoms with van der Waals surface area (Å²) in [6.07, 6.45) is 0. The number of anilines is 1. The van der Waals surface area contributed by atoms with Gasteiger partial charge < -0.3 is 4.90 Å². The third-order valence-electron chi connectivity index (χ3n) is 5.44. The molecule has 6 rings (SSSR count). The van der Waals surface area contributed by atoms with Gasteiger partial charge in [0.15, 0.2) is 0 Å². The number of aryl methyl sites for hydroxylation is 3. The summed E-state index contributed by atoms with van der Waals surface area (Å²) in [5.74, 6) is 0. The first-order valence-electron chi connectivity index (χ1n) is 9.42. The fourth-order valence-electron chi connectivity index (χ4n) is 4.10. The first-order chi connectivity index (χ1) is 13.9. The van der Waals surface area contributed by atoms with Gasteiger partial charge in [-0.25, -0.2) is 15.0 Å². The summed E-state index contributed by atoms with van der Waals surface area (Å²) < 4.78 is 3.76. The SMILES string of the molecule is Cc1nc2c(-c3c4sc(C)nc4cc4nc(C)sc34)c3c(cc2s1)N(C)C(C)S3. The number of hydrogen-bond acceptors (Lipinski definition) is 8. The molecular weight excluding hydrogens is 437 g/mol. The highest BCUT2D eigenvalue weighted by Gasteiger charge is 2.31. The molecule has 1 atom stereocenters. The minimum atomic E-state index is 0.405. The maximum Gasteiger partial charge on any atom is 0.0908 e. The number of aromatic nitrogens is 3. The highest BCUT2D eigenvalue weighted by molar-refractivity contribution is 8.00. The van der Waals surface area contributed by atoms with Crippen LogP contribution in [0.5, 0.6) is 0 Å². The van der Waals surface area contributed by atoms with E-state index in [9.17, 15) is 0 Å². The highest BCUT2D eigenvalue weighted by Crippen LogP contribution is 2.54. The Morgan fingerprint density at radius 2 is 1.45 bits per heavy atom. The summed E-state index contributed by atoms with van der Waals surface area (Å²) in [5, 5.41) is 3.69. The van der Waals surface area contributed by atoms with Gasteiger partial charge in [0.1, 0.15) is 0 Å². The Kier molecular flexibility index (Phi) is 3.82. The standard InChI is InChI=1S/C21H18N4S4/c1-8-22-12-6-13-20(28-9(2)23-13)17(19(12)27-8)16-18-15(26-10(3)24-18)7-14-21(16)29-11(4)25(14)5/h6-7,11H,1-5H3. The summed E-state index contributed by atoms with van der Waals surface area (Å²) in [6.45, 7) is 8.54. The Hall–Kier alpha value is -1.74. The number of thioether (sulfide) groups is 1. The van der Waals surface area contributed by atoms with Crippen molar-refractivity contribution in [1.29, 1.82) is 0 Å². The van der Waals surface area contributed by atoms with Crippen LogP contribution in [-0.4, -0.2) is 27.4 Å². The largest absolute Gasteiger partial charge is 0.362 e. The maximum absolute atomic E-state index is 5.00. The molecule has 4 heterocycles. The highest BCUT2D eigenvalue weighted by atomic mass is 32.2. The van der Waals surface area contributed by atoms with E-state index >= 15 is 0 Å². The van der Waals surface area contributed by atoms with Crippen LogP contribution in [0.4, 0.5) is 5.69 Å². The summed E-state index contributed by atoms with van der Waals surface area (Å²) in [4.78, 5) is 18.3. The molecule has 4 nitrogen and oxygen atoms in total. The van der Waals surface area contributed by atoms with E-state index in [4.69, 9.17) is 15.0 Å². The summed E-state index contributed by atoms with van der Waals surface area (Å²) >= 11 is 7.28. The minimum absolute atomic E-state index is 0.405. The van der Waals surface area contributed by atoms with Crippen molar-refractivity contribution in [1.82, 2.24) is 15.0 Å².